The lowest BCUT2D eigenvalue weighted by atomic mass is 10.1. The molecule has 0 unspecified atom stereocenters. The van der Waals surface area contributed by atoms with Crippen LogP contribution in [0.1, 0.15) is 27.6 Å². The molecule has 142 valence electrons. The van der Waals surface area contributed by atoms with Gasteiger partial charge in [-0.3, -0.25) is 4.79 Å². The van der Waals surface area contributed by atoms with Crippen molar-refractivity contribution in [3.63, 3.8) is 0 Å². The number of benzene rings is 1. The molecule has 0 bridgehead atoms. The van der Waals surface area contributed by atoms with Crippen molar-refractivity contribution in [1.82, 2.24) is 25.2 Å². The number of alkyl halides is 2. The number of rotatable bonds is 6. The second-order valence-corrected chi connectivity index (χ2v) is 6.79. The number of carbonyl (C=O) groups excluding carboxylic acids is 1. The van der Waals surface area contributed by atoms with E-state index in [0.29, 0.717) is 16.1 Å². The zero-order valence-corrected chi connectivity index (χ0v) is 14.7. The van der Waals surface area contributed by atoms with Crippen LogP contribution in [0.15, 0.2) is 40.9 Å². The minimum absolute atomic E-state index is 0.108. The number of hydrogen-bond donors (Lipinski definition) is 0. The molecule has 4 aromatic rings. The van der Waals surface area contributed by atoms with Gasteiger partial charge in [0.15, 0.2) is 6.29 Å². The molecule has 11 heteroatoms. The van der Waals surface area contributed by atoms with Crippen LogP contribution >= 0.6 is 11.3 Å². The van der Waals surface area contributed by atoms with Gasteiger partial charge in [-0.15, -0.1) is 26.6 Å². The number of thiophene rings is 1. The van der Waals surface area contributed by atoms with Crippen molar-refractivity contribution in [3.05, 3.63) is 58.7 Å². The summed E-state index contributed by atoms with van der Waals surface area (Å²) in [6, 6.07) is 7.55. The van der Waals surface area contributed by atoms with E-state index in [1.165, 1.54) is 28.2 Å². The molecule has 0 saturated carbocycles. The zero-order valence-electron chi connectivity index (χ0n) is 13.9. The Bertz CT molecular complexity index is 1140. The van der Waals surface area contributed by atoms with Gasteiger partial charge in [0.2, 0.25) is 5.89 Å². The third kappa shape index (κ3) is 3.56. The molecular formula is C17H10F3N5O2S. The van der Waals surface area contributed by atoms with Crippen LogP contribution in [-0.2, 0) is 6.54 Å². The Morgan fingerprint density at radius 2 is 2.04 bits per heavy atom. The van der Waals surface area contributed by atoms with Gasteiger partial charge in [-0.2, -0.15) is 8.78 Å². The Labute approximate surface area is 159 Å². The number of hydrogen-bond acceptors (Lipinski definition) is 7. The molecule has 1 aromatic carbocycles. The van der Waals surface area contributed by atoms with E-state index in [1.807, 2.05) is 0 Å². The number of aromatic nitrogens is 5. The Morgan fingerprint density at radius 1 is 1.18 bits per heavy atom. The van der Waals surface area contributed by atoms with Crippen molar-refractivity contribution in [1.29, 1.82) is 0 Å². The van der Waals surface area contributed by atoms with E-state index in [2.05, 4.69) is 20.5 Å². The van der Waals surface area contributed by atoms with Crippen molar-refractivity contribution in [2.24, 2.45) is 0 Å². The monoisotopic (exact) mass is 405 g/mol. The molecule has 0 fully saturated rings. The zero-order chi connectivity index (χ0) is 19.7. The normalized spacial score (nSPS) is 11.3. The molecule has 3 heterocycles. The maximum Gasteiger partial charge on any atom is 0.314 e. The lowest BCUT2D eigenvalue weighted by molar-refractivity contribution is 0.112. The molecule has 7 nitrogen and oxygen atoms in total. The molecule has 0 spiro atoms. The highest BCUT2D eigenvalue weighted by Crippen LogP contribution is 2.27. The standard InChI is InChI=1S/C17H10F3N5O2S/c18-12-5-9(16-22-23-17(27-16)15(19)20)1-2-10(12)6-25-7-13(21-24-25)14-4-3-11(8-26)28-14/h1-5,7-8,15H,6H2. The van der Waals surface area contributed by atoms with Crippen LogP contribution in [-0.4, -0.2) is 31.5 Å². The van der Waals surface area contributed by atoms with Crippen LogP contribution in [0.2, 0.25) is 0 Å². The molecule has 0 aliphatic heterocycles. The van der Waals surface area contributed by atoms with Crippen LogP contribution in [0.4, 0.5) is 13.2 Å². The van der Waals surface area contributed by atoms with Gasteiger partial charge in [-0.1, -0.05) is 11.3 Å². The summed E-state index contributed by atoms with van der Waals surface area (Å²) in [5, 5.41) is 14.7. The second-order valence-electron chi connectivity index (χ2n) is 5.67. The first kappa shape index (κ1) is 18.0. The molecule has 0 radical (unpaired) electrons. The van der Waals surface area contributed by atoms with Crippen molar-refractivity contribution in [3.8, 4) is 22.0 Å². The summed E-state index contributed by atoms with van der Waals surface area (Å²) in [7, 11) is 0. The minimum atomic E-state index is -2.89. The molecule has 0 N–H and O–H groups in total. The van der Waals surface area contributed by atoms with Gasteiger partial charge in [0.1, 0.15) is 11.5 Å². The van der Waals surface area contributed by atoms with Crippen LogP contribution in [0.5, 0.6) is 0 Å². The van der Waals surface area contributed by atoms with Gasteiger partial charge in [0, 0.05) is 11.1 Å². The minimum Gasteiger partial charge on any atom is -0.415 e. The predicted molar refractivity (Wildman–Crippen MR) is 92.5 cm³/mol. The van der Waals surface area contributed by atoms with Gasteiger partial charge in [0.05, 0.1) is 22.5 Å². The van der Waals surface area contributed by atoms with Crippen LogP contribution < -0.4 is 0 Å². The maximum absolute atomic E-state index is 14.4. The molecule has 0 aliphatic rings. The van der Waals surface area contributed by atoms with E-state index < -0.39 is 18.1 Å². The first-order chi connectivity index (χ1) is 13.5. The Morgan fingerprint density at radius 3 is 2.71 bits per heavy atom. The highest BCUT2D eigenvalue weighted by Gasteiger charge is 2.18. The van der Waals surface area contributed by atoms with Gasteiger partial charge in [0.25, 0.3) is 5.89 Å². The number of carbonyl (C=O) groups is 1. The summed E-state index contributed by atoms with van der Waals surface area (Å²) >= 11 is 1.28. The molecule has 0 saturated heterocycles. The van der Waals surface area contributed by atoms with Gasteiger partial charge in [-0.25, -0.2) is 9.07 Å². The molecule has 28 heavy (non-hydrogen) atoms. The highest BCUT2D eigenvalue weighted by atomic mass is 32.1. The third-order valence-electron chi connectivity index (χ3n) is 3.79. The Kier molecular flexibility index (Phi) is 4.74. The van der Waals surface area contributed by atoms with E-state index in [9.17, 15) is 18.0 Å². The smallest absolute Gasteiger partial charge is 0.314 e. The molecular weight excluding hydrogens is 395 g/mol. The van der Waals surface area contributed by atoms with E-state index in [4.69, 9.17) is 4.42 Å². The topological polar surface area (TPSA) is 86.7 Å². The van der Waals surface area contributed by atoms with Crippen LogP contribution in [0.3, 0.4) is 0 Å². The molecule has 4 rings (SSSR count). The van der Waals surface area contributed by atoms with Crippen LogP contribution in [0, 0.1) is 5.82 Å². The maximum atomic E-state index is 14.4. The fraction of sp³-hybridized carbons (Fsp3) is 0.118. The van der Waals surface area contributed by atoms with Crippen LogP contribution in [0.25, 0.3) is 22.0 Å². The van der Waals surface area contributed by atoms with Crippen molar-refractivity contribution >= 4 is 17.6 Å². The summed E-state index contributed by atoms with van der Waals surface area (Å²) in [5.41, 5.74) is 1.08. The average molecular weight is 405 g/mol. The largest absolute Gasteiger partial charge is 0.415 e. The first-order valence-electron chi connectivity index (χ1n) is 7.89. The summed E-state index contributed by atoms with van der Waals surface area (Å²) < 4.78 is 45.8. The SMILES string of the molecule is O=Cc1ccc(-c2cn(Cc3ccc(-c4nnc(C(F)F)o4)cc3F)nn2)s1. The Balaban J connectivity index is 1.53. The van der Waals surface area contributed by atoms with Crippen molar-refractivity contribution in [2.45, 2.75) is 13.0 Å². The third-order valence-corrected chi connectivity index (χ3v) is 4.83. The van der Waals surface area contributed by atoms with E-state index in [0.717, 1.165) is 17.2 Å². The van der Waals surface area contributed by atoms with Gasteiger partial charge < -0.3 is 4.42 Å². The van der Waals surface area contributed by atoms with E-state index >= 15 is 0 Å². The lowest BCUT2D eigenvalue weighted by Gasteiger charge is -2.04. The quantitative estimate of drug-likeness (QED) is 0.451. The lowest BCUT2D eigenvalue weighted by Crippen LogP contribution is -2.03. The van der Waals surface area contributed by atoms with E-state index in [-0.39, 0.29) is 18.0 Å². The predicted octanol–water partition coefficient (Wildman–Crippen LogP) is 3.99. The second kappa shape index (κ2) is 7.35. The number of halogens is 3. The molecule has 0 atom stereocenters. The van der Waals surface area contributed by atoms with Crippen molar-refractivity contribution < 1.29 is 22.4 Å². The van der Waals surface area contributed by atoms with Gasteiger partial charge in [-0.05, 0) is 24.3 Å². The van der Waals surface area contributed by atoms with Crippen molar-refractivity contribution in [2.75, 3.05) is 0 Å². The van der Waals surface area contributed by atoms with E-state index in [1.54, 1.807) is 18.3 Å². The number of nitrogens with zero attached hydrogens (tertiary/aromatic N) is 5. The van der Waals surface area contributed by atoms with Gasteiger partial charge >= 0.3 is 6.43 Å². The first-order valence-corrected chi connectivity index (χ1v) is 8.71. The average Bonchev–Trinajstić information content (AvgIpc) is 3.43. The summed E-state index contributed by atoms with van der Waals surface area (Å²) in [6.07, 6.45) is -0.498. The summed E-state index contributed by atoms with van der Waals surface area (Å²) in [6.45, 7) is 0.108. The highest BCUT2D eigenvalue weighted by molar-refractivity contribution is 7.17. The fourth-order valence-corrected chi connectivity index (χ4v) is 3.24. The summed E-state index contributed by atoms with van der Waals surface area (Å²) in [4.78, 5) is 12.1. The number of aldehydes is 1. The molecule has 0 amide bonds. The fourth-order valence-electron chi connectivity index (χ4n) is 2.46. The summed E-state index contributed by atoms with van der Waals surface area (Å²) in [5.74, 6) is -1.58. The Hall–Kier alpha value is -3.34. The molecule has 3 aromatic heterocycles. The molecule has 0 aliphatic carbocycles.